The van der Waals surface area contributed by atoms with E-state index in [1.165, 1.54) is 6.07 Å². The molecule has 37 heavy (non-hydrogen) atoms. The van der Waals surface area contributed by atoms with Crippen molar-refractivity contribution >= 4 is 28.2 Å². The van der Waals surface area contributed by atoms with E-state index in [0.717, 1.165) is 47.4 Å². The number of hydrogen-bond acceptors (Lipinski definition) is 6. The number of likely N-dealkylation sites (N-methyl/N-ethyl adjacent to an activating group) is 1. The van der Waals surface area contributed by atoms with Crippen molar-refractivity contribution in [1.82, 2.24) is 24.4 Å². The van der Waals surface area contributed by atoms with Crippen molar-refractivity contribution in [3.63, 3.8) is 0 Å². The lowest BCUT2D eigenvalue weighted by Crippen LogP contribution is -2.44. The van der Waals surface area contributed by atoms with Crippen molar-refractivity contribution in [2.75, 3.05) is 30.4 Å². The van der Waals surface area contributed by atoms with Crippen LogP contribution in [-0.4, -0.2) is 56.6 Å². The van der Waals surface area contributed by atoms with Gasteiger partial charge in [0.05, 0.1) is 16.9 Å². The van der Waals surface area contributed by atoms with Gasteiger partial charge in [-0.3, -0.25) is 9.88 Å². The number of likely N-dealkylation sites (tertiary alicyclic amines) is 1. The summed E-state index contributed by atoms with van der Waals surface area (Å²) in [6.45, 7) is 1.87. The predicted octanol–water partition coefficient (Wildman–Crippen LogP) is 5.26. The molecule has 2 aromatic carbocycles. The number of nitrogens with zero attached hydrogens (tertiary/aromatic N) is 6. The third-order valence-electron chi connectivity index (χ3n) is 7.61. The molecule has 2 saturated heterocycles. The fourth-order valence-corrected chi connectivity index (χ4v) is 5.72. The monoisotopic (exact) mass is 491 g/mol. The van der Waals surface area contributed by atoms with Crippen LogP contribution in [0.3, 0.4) is 0 Å². The Bertz CT molecular complexity index is 1600. The van der Waals surface area contributed by atoms with Crippen molar-refractivity contribution in [3.8, 4) is 16.9 Å². The molecule has 2 aliphatic heterocycles. The molecule has 5 aromatic rings. The minimum Gasteiger partial charge on any atom is -0.363 e. The largest absolute Gasteiger partial charge is 0.363 e. The number of anilines is 3. The molecule has 0 radical (unpaired) electrons. The number of piperazine rings is 1. The minimum atomic E-state index is -0.222. The Morgan fingerprint density at radius 1 is 0.919 bits per heavy atom. The Balaban J connectivity index is 1.12. The standard InChI is InChI=1S/C29H26FN7/c1-35-17-24-16-23(35)18-37(24)28-5-3-21(15-25(28)30)33-29-32-12-8-26(34-29)19-2-4-27-20(14-19)9-13-36(27)22-6-10-31-11-7-22/h2-15,23-24H,16-18H2,1H3,(H,32,33,34)/t23-,24-/m0/s1. The van der Waals surface area contributed by atoms with Crippen LogP contribution in [0.5, 0.6) is 0 Å². The van der Waals surface area contributed by atoms with Crippen molar-refractivity contribution in [2.24, 2.45) is 0 Å². The van der Waals surface area contributed by atoms with E-state index in [2.05, 4.69) is 67.2 Å². The van der Waals surface area contributed by atoms with E-state index in [1.54, 1.807) is 18.6 Å². The van der Waals surface area contributed by atoms with Gasteiger partial charge in [0.25, 0.3) is 0 Å². The molecule has 7 rings (SSSR count). The molecular formula is C29H26FN7. The highest BCUT2D eigenvalue weighted by Crippen LogP contribution is 2.36. The average Bonchev–Trinajstić information content (AvgIpc) is 3.63. The summed E-state index contributed by atoms with van der Waals surface area (Å²) >= 11 is 0. The number of rotatable bonds is 5. The summed E-state index contributed by atoms with van der Waals surface area (Å²) in [5, 5.41) is 4.29. The molecule has 5 heterocycles. The van der Waals surface area contributed by atoms with Gasteiger partial charge in [0, 0.05) is 72.3 Å². The molecular weight excluding hydrogens is 465 g/mol. The molecule has 1 N–H and O–H groups in total. The summed E-state index contributed by atoms with van der Waals surface area (Å²) in [5.41, 5.74) is 5.26. The van der Waals surface area contributed by atoms with Crippen LogP contribution in [0.25, 0.3) is 27.8 Å². The molecule has 0 saturated carbocycles. The summed E-state index contributed by atoms with van der Waals surface area (Å²) in [4.78, 5) is 17.8. The van der Waals surface area contributed by atoms with Gasteiger partial charge in [0.2, 0.25) is 5.95 Å². The molecule has 0 aliphatic carbocycles. The summed E-state index contributed by atoms with van der Waals surface area (Å²) in [6, 6.07) is 20.4. The molecule has 2 aliphatic rings. The molecule has 3 aromatic heterocycles. The molecule has 2 bridgehead atoms. The molecule has 184 valence electrons. The van der Waals surface area contributed by atoms with Crippen molar-refractivity contribution in [3.05, 3.63) is 91.3 Å². The maximum absolute atomic E-state index is 15.1. The molecule has 0 unspecified atom stereocenters. The van der Waals surface area contributed by atoms with Gasteiger partial charge in [-0.05, 0) is 68.1 Å². The maximum Gasteiger partial charge on any atom is 0.227 e. The van der Waals surface area contributed by atoms with Gasteiger partial charge in [-0.25, -0.2) is 14.4 Å². The fraction of sp³-hybridized carbons (Fsp3) is 0.207. The predicted molar refractivity (Wildman–Crippen MR) is 144 cm³/mol. The van der Waals surface area contributed by atoms with E-state index in [-0.39, 0.29) is 5.82 Å². The van der Waals surface area contributed by atoms with Gasteiger partial charge in [-0.2, -0.15) is 0 Å². The van der Waals surface area contributed by atoms with Gasteiger partial charge in [-0.15, -0.1) is 0 Å². The van der Waals surface area contributed by atoms with Gasteiger partial charge >= 0.3 is 0 Å². The highest BCUT2D eigenvalue weighted by molar-refractivity contribution is 5.86. The number of hydrogen-bond donors (Lipinski definition) is 1. The van der Waals surface area contributed by atoms with Crippen molar-refractivity contribution in [1.29, 1.82) is 0 Å². The molecule has 0 amide bonds. The topological polar surface area (TPSA) is 62.1 Å². The minimum absolute atomic E-state index is 0.222. The van der Waals surface area contributed by atoms with Crippen LogP contribution in [0.15, 0.2) is 85.5 Å². The van der Waals surface area contributed by atoms with E-state index in [1.807, 2.05) is 30.3 Å². The number of benzene rings is 2. The number of nitrogens with one attached hydrogen (secondary N) is 1. The first-order valence-electron chi connectivity index (χ1n) is 12.5. The molecule has 8 heteroatoms. The zero-order valence-electron chi connectivity index (χ0n) is 20.4. The maximum atomic E-state index is 15.1. The van der Waals surface area contributed by atoms with Gasteiger partial charge in [0.15, 0.2) is 0 Å². The number of halogens is 1. The first-order chi connectivity index (χ1) is 18.1. The van der Waals surface area contributed by atoms with Crippen LogP contribution in [0.4, 0.5) is 21.7 Å². The first-order valence-corrected chi connectivity index (χ1v) is 12.5. The van der Waals surface area contributed by atoms with Crippen LogP contribution in [-0.2, 0) is 0 Å². The lowest BCUT2D eigenvalue weighted by Gasteiger charge is -2.33. The smallest absolute Gasteiger partial charge is 0.227 e. The van der Waals surface area contributed by atoms with Crippen LogP contribution < -0.4 is 10.2 Å². The molecule has 2 fully saturated rings. The third-order valence-corrected chi connectivity index (χ3v) is 7.61. The average molecular weight is 492 g/mol. The second kappa shape index (κ2) is 8.67. The second-order valence-corrected chi connectivity index (χ2v) is 9.86. The Kier molecular flexibility index (Phi) is 5.14. The fourth-order valence-electron chi connectivity index (χ4n) is 5.72. The van der Waals surface area contributed by atoms with Crippen LogP contribution >= 0.6 is 0 Å². The lowest BCUT2D eigenvalue weighted by atomic mass is 10.1. The normalized spacial score (nSPS) is 19.1. The second-order valence-electron chi connectivity index (χ2n) is 9.86. The van der Waals surface area contributed by atoms with Crippen LogP contribution in [0.1, 0.15) is 6.42 Å². The quantitative estimate of drug-likeness (QED) is 0.362. The lowest BCUT2D eigenvalue weighted by molar-refractivity contribution is 0.292. The summed E-state index contributed by atoms with van der Waals surface area (Å²) < 4.78 is 17.2. The number of fused-ring (bicyclic) bond motifs is 3. The zero-order chi connectivity index (χ0) is 24.9. The van der Waals surface area contributed by atoms with Gasteiger partial charge in [-0.1, -0.05) is 6.07 Å². The SMILES string of the molecule is CN1C[C@@H]2C[C@H]1CN2c1ccc(Nc2nccc(-c3ccc4c(ccn4-c4ccncc4)c3)n2)cc1F. The van der Waals surface area contributed by atoms with E-state index >= 15 is 4.39 Å². The Hall–Kier alpha value is -4.30. The number of pyridine rings is 1. The van der Waals surface area contributed by atoms with Crippen LogP contribution in [0.2, 0.25) is 0 Å². The van der Waals surface area contributed by atoms with Crippen LogP contribution in [0, 0.1) is 5.82 Å². The Morgan fingerprint density at radius 3 is 2.59 bits per heavy atom. The molecule has 0 spiro atoms. The third kappa shape index (κ3) is 3.90. The van der Waals surface area contributed by atoms with Crippen molar-refractivity contribution in [2.45, 2.75) is 18.5 Å². The Morgan fingerprint density at radius 2 is 1.81 bits per heavy atom. The summed E-state index contributed by atoms with van der Waals surface area (Å²) in [5.74, 6) is 0.210. The molecule has 2 atom stereocenters. The summed E-state index contributed by atoms with van der Waals surface area (Å²) in [6.07, 6.45) is 8.47. The van der Waals surface area contributed by atoms with E-state index in [9.17, 15) is 0 Å². The zero-order valence-corrected chi connectivity index (χ0v) is 20.4. The van der Waals surface area contributed by atoms with E-state index < -0.39 is 0 Å². The molecule has 7 nitrogen and oxygen atoms in total. The Labute approximate surface area is 214 Å². The van der Waals surface area contributed by atoms with E-state index in [0.29, 0.717) is 29.4 Å². The highest BCUT2D eigenvalue weighted by Gasteiger charge is 2.42. The highest BCUT2D eigenvalue weighted by atomic mass is 19.1. The summed E-state index contributed by atoms with van der Waals surface area (Å²) in [7, 11) is 2.15. The van der Waals surface area contributed by atoms with Gasteiger partial charge in [0.1, 0.15) is 5.82 Å². The number of aromatic nitrogens is 4. The van der Waals surface area contributed by atoms with Crippen molar-refractivity contribution < 1.29 is 4.39 Å². The van der Waals surface area contributed by atoms with E-state index in [4.69, 9.17) is 4.98 Å². The first kappa shape index (κ1) is 21.9. The van der Waals surface area contributed by atoms with Gasteiger partial charge < -0.3 is 14.8 Å².